The average Bonchev–Trinajstić information content (AvgIpc) is 2.35. The summed E-state index contributed by atoms with van der Waals surface area (Å²) in [5, 5.41) is 6.99. The summed E-state index contributed by atoms with van der Waals surface area (Å²) >= 11 is 0. The summed E-state index contributed by atoms with van der Waals surface area (Å²) in [7, 11) is 4.07. The molecule has 0 amide bonds. The van der Waals surface area contributed by atoms with Crippen LogP contribution in [0.4, 0.5) is 5.82 Å². The van der Waals surface area contributed by atoms with Crippen LogP contribution in [0.25, 0.3) is 0 Å². The van der Waals surface area contributed by atoms with Crippen LogP contribution in [-0.4, -0.2) is 29.2 Å². The monoisotopic (exact) mass is 182 g/mol. The predicted molar refractivity (Wildman–Crippen MR) is 54.4 cm³/mol. The van der Waals surface area contributed by atoms with Crippen LogP contribution < -0.4 is 5.73 Å². The Labute approximate surface area is 79.1 Å². The summed E-state index contributed by atoms with van der Waals surface area (Å²) < 4.78 is 0. The van der Waals surface area contributed by atoms with Gasteiger partial charge in [-0.15, -0.1) is 0 Å². The molecule has 1 rings (SSSR count). The van der Waals surface area contributed by atoms with Crippen LogP contribution in [0.1, 0.15) is 24.6 Å². The second-order valence-corrected chi connectivity index (χ2v) is 3.55. The third-order valence-corrected chi connectivity index (χ3v) is 1.96. The molecule has 0 aliphatic heterocycles. The van der Waals surface area contributed by atoms with Gasteiger partial charge in [0, 0.05) is 12.1 Å². The molecule has 0 fully saturated rings. The lowest BCUT2D eigenvalue weighted by molar-refractivity contribution is 0.395. The lowest BCUT2D eigenvalue weighted by Gasteiger charge is -2.09. The maximum Gasteiger partial charge on any atom is 0.148 e. The van der Waals surface area contributed by atoms with Crippen LogP contribution in [-0.2, 0) is 13.0 Å². The van der Waals surface area contributed by atoms with E-state index in [1.165, 1.54) is 5.56 Å². The Morgan fingerprint density at radius 3 is 2.69 bits per heavy atom. The third kappa shape index (κ3) is 2.45. The fraction of sp³-hybridized carbons (Fsp3) is 0.667. The van der Waals surface area contributed by atoms with Gasteiger partial charge in [0.1, 0.15) is 5.82 Å². The van der Waals surface area contributed by atoms with Crippen molar-refractivity contribution in [2.24, 2.45) is 0 Å². The van der Waals surface area contributed by atoms with Crippen molar-refractivity contribution in [3.8, 4) is 0 Å². The van der Waals surface area contributed by atoms with Crippen LogP contribution in [0.15, 0.2) is 0 Å². The Morgan fingerprint density at radius 2 is 2.15 bits per heavy atom. The van der Waals surface area contributed by atoms with E-state index in [2.05, 4.69) is 22.0 Å². The third-order valence-electron chi connectivity index (χ3n) is 1.96. The number of aromatic nitrogens is 2. The Balaban J connectivity index is 2.80. The van der Waals surface area contributed by atoms with Crippen molar-refractivity contribution in [3.63, 3.8) is 0 Å². The van der Waals surface area contributed by atoms with Crippen molar-refractivity contribution in [2.45, 2.75) is 26.3 Å². The second kappa shape index (κ2) is 4.28. The number of anilines is 1. The van der Waals surface area contributed by atoms with Gasteiger partial charge in [-0.05, 0) is 20.5 Å². The van der Waals surface area contributed by atoms with E-state index in [1.54, 1.807) is 0 Å². The minimum atomic E-state index is 0.652. The van der Waals surface area contributed by atoms with E-state index in [1.807, 2.05) is 14.1 Å². The number of nitrogen functional groups attached to an aromatic ring is 1. The molecule has 74 valence electrons. The fourth-order valence-corrected chi connectivity index (χ4v) is 1.39. The molecule has 4 heteroatoms. The predicted octanol–water partition coefficient (Wildman–Crippen LogP) is 1.01. The van der Waals surface area contributed by atoms with Gasteiger partial charge < -0.3 is 10.6 Å². The minimum Gasteiger partial charge on any atom is -0.382 e. The van der Waals surface area contributed by atoms with Crippen molar-refractivity contribution < 1.29 is 0 Å². The molecule has 3 N–H and O–H groups in total. The normalized spacial score (nSPS) is 11.1. The molecule has 4 nitrogen and oxygen atoms in total. The number of H-pyrrole nitrogens is 1. The molecule has 0 unspecified atom stereocenters. The van der Waals surface area contributed by atoms with Crippen LogP contribution >= 0.6 is 0 Å². The maximum atomic E-state index is 5.74. The Bertz CT molecular complexity index is 265. The van der Waals surface area contributed by atoms with Gasteiger partial charge in [-0.2, -0.15) is 5.10 Å². The van der Waals surface area contributed by atoms with Crippen LogP contribution in [0, 0.1) is 0 Å². The largest absolute Gasteiger partial charge is 0.382 e. The Morgan fingerprint density at radius 1 is 1.46 bits per heavy atom. The van der Waals surface area contributed by atoms with E-state index in [9.17, 15) is 0 Å². The first-order chi connectivity index (χ1) is 6.15. The SMILES string of the molecule is CCCc1c(N)n[nH]c1CN(C)C. The lowest BCUT2D eigenvalue weighted by Crippen LogP contribution is -2.12. The highest BCUT2D eigenvalue weighted by Crippen LogP contribution is 2.16. The number of aromatic amines is 1. The van der Waals surface area contributed by atoms with E-state index >= 15 is 0 Å². The molecule has 1 aromatic rings. The Kier molecular flexibility index (Phi) is 3.31. The van der Waals surface area contributed by atoms with E-state index in [0.717, 1.165) is 25.1 Å². The quantitative estimate of drug-likeness (QED) is 0.730. The molecular formula is C9H18N4. The van der Waals surface area contributed by atoms with Crippen molar-refractivity contribution >= 4 is 5.82 Å². The van der Waals surface area contributed by atoms with Crippen molar-refractivity contribution in [3.05, 3.63) is 11.3 Å². The molecule has 0 bridgehead atoms. The molecule has 1 heterocycles. The molecule has 0 radical (unpaired) electrons. The summed E-state index contributed by atoms with van der Waals surface area (Å²) in [6.45, 7) is 3.02. The maximum absolute atomic E-state index is 5.74. The Hall–Kier alpha value is -1.03. The van der Waals surface area contributed by atoms with Gasteiger partial charge in [0.25, 0.3) is 0 Å². The highest BCUT2D eigenvalue weighted by Gasteiger charge is 2.09. The molecule has 0 spiro atoms. The highest BCUT2D eigenvalue weighted by molar-refractivity contribution is 5.42. The number of nitrogens with one attached hydrogen (secondary N) is 1. The van der Waals surface area contributed by atoms with Gasteiger partial charge >= 0.3 is 0 Å². The van der Waals surface area contributed by atoms with Crippen LogP contribution in [0.5, 0.6) is 0 Å². The van der Waals surface area contributed by atoms with Crippen LogP contribution in [0.3, 0.4) is 0 Å². The standard InChI is InChI=1S/C9H18N4/c1-4-5-7-8(6-13(2)3)11-12-9(7)10/h4-6H2,1-3H3,(H3,10,11,12). The fourth-order valence-electron chi connectivity index (χ4n) is 1.39. The average molecular weight is 182 g/mol. The van der Waals surface area contributed by atoms with Crippen molar-refractivity contribution in [1.82, 2.24) is 15.1 Å². The highest BCUT2D eigenvalue weighted by atomic mass is 15.2. The zero-order chi connectivity index (χ0) is 9.84. The van der Waals surface area contributed by atoms with Crippen LogP contribution in [0.2, 0.25) is 0 Å². The van der Waals surface area contributed by atoms with Gasteiger partial charge in [0.2, 0.25) is 0 Å². The minimum absolute atomic E-state index is 0.652. The van der Waals surface area contributed by atoms with E-state index in [-0.39, 0.29) is 0 Å². The molecular weight excluding hydrogens is 164 g/mol. The first-order valence-corrected chi connectivity index (χ1v) is 4.61. The summed E-state index contributed by atoms with van der Waals surface area (Å²) in [6.07, 6.45) is 2.11. The van der Waals surface area contributed by atoms with Crippen molar-refractivity contribution in [2.75, 3.05) is 19.8 Å². The van der Waals surface area contributed by atoms with Gasteiger partial charge in [-0.1, -0.05) is 13.3 Å². The topological polar surface area (TPSA) is 57.9 Å². The summed E-state index contributed by atoms with van der Waals surface area (Å²) in [4.78, 5) is 2.10. The first kappa shape index (κ1) is 10.1. The van der Waals surface area contributed by atoms with E-state index < -0.39 is 0 Å². The van der Waals surface area contributed by atoms with Gasteiger partial charge in [0.15, 0.2) is 0 Å². The number of nitrogens with two attached hydrogens (primary N) is 1. The van der Waals surface area contributed by atoms with Crippen molar-refractivity contribution in [1.29, 1.82) is 0 Å². The van der Waals surface area contributed by atoms with Gasteiger partial charge in [0.05, 0.1) is 5.69 Å². The first-order valence-electron chi connectivity index (χ1n) is 4.61. The molecule has 0 aliphatic carbocycles. The second-order valence-electron chi connectivity index (χ2n) is 3.55. The zero-order valence-electron chi connectivity index (χ0n) is 8.59. The summed E-state index contributed by atoms with van der Waals surface area (Å²) in [5.74, 6) is 0.652. The summed E-state index contributed by atoms with van der Waals surface area (Å²) in [5.41, 5.74) is 8.06. The molecule has 0 aliphatic rings. The molecule has 0 aromatic carbocycles. The zero-order valence-corrected chi connectivity index (χ0v) is 8.59. The number of hydrogen-bond donors (Lipinski definition) is 2. The molecule has 0 saturated heterocycles. The smallest absolute Gasteiger partial charge is 0.148 e. The number of nitrogens with zero attached hydrogens (tertiary/aromatic N) is 2. The van der Waals surface area contributed by atoms with Gasteiger partial charge in [-0.3, -0.25) is 5.10 Å². The number of rotatable bonds is 4. The molecule has 13 heavy (non-hydrogen) atoms. The summed E-state index contributed by atoms with van der Waals surface area (Å²) in [6, 6.07) is 0. The van der Waals surface area contributed by atoms with Gasteiger partial charge in [-0.25, -0.2) is 0 Å². The van der Waals surface area contributed by atoms with E-state index in [4.69, 9.17) is 5.73 Å². The lowest BCUT2D eigenvalue weighted by atomic mass is 10.1. The van der Waals surface area contributed by atoms with E-state index in [0.29, 0.717) is 5.82 Å². The number of hydrogen-bond acceptors (Lipinski definition) is 3. The molecule has 1 aromatic heterocycles. The molecule has 0 atom stereocenters. The molecule has 0 saturated carbocycles.